The second-order valence-corrected chi connectivity index (χ2v) is 8.38. The molecule has 1 saturated heterocycles. The number of aromatic nitrogens is 1. The van der Waals surface area contributed by atoms with Crippen LogP contribution in [0.15, 0.2) is 57.8 Å². The molecule has 0 bridgehead atoms. The van der Waals surface area contributed by atoms with Gasteiger partial charge in [0.1, 0.15) is 11.6 Å². The fourth-order valence-electron chi connectivity index (χ4n) is 3.36. The van der Waals surface area contributed by atoms with E-state index in [0.29, 0.717) is 42.1 Å². The van der Waals surface area contributed by atoms with Crippen LogP contribution in [0.5, 0.6) is 0 Å². The molecule has 4 rings (SSSR count). The minimum absolute atomic E-state index is 0.198. The molecule has 1 fully saturated rings. The number of sulfonamides is 1. The Hall–Kier alpha value is -2.71. The SMILES string of the molecule is Cc1nc2cc(NC(=O)[C@H]3CCCN3S(=O)(=O)c3ccccc3)ccc2o1. The maximum Gasteiger partial charge on any atom is 0.243 e. The lowest BCUT2D eigenvalue weighted by molar-refractivity contribution is -0.119. The molecule has 0 unspecified atom stereocenters. The highest BCUT2D eigenvalue weighted by atomic mass is 32.2. The van der Waals surface area contributed by atoms with Crippen LogP contribution in [0.25, 0.3) is 11.1 Å². The fraction of sp³-hybridized carbons (Fsp3) is 0.263. The second kappa shape index (κ2) is 6.79. The highest BCUT2D eigenvalue weighted by molar-refractivity contribution is 7.89. The van der Waals surface area contributed by atoms with E-state index in [1.54, 1.807) is 55.5 Å². The standard InChI is InChI=1S/C19H19N3O4S/c1-13-20-16-12-14(9-10-18(16)26-13)21-19(23)17-8-5-11-22(17)27(24,25)15-6-3-2-4-7-15/h2-4,6-7,9-10,12,17H,5,8,11H2,1H3,(H,21,23)/t17-/m1/s1. The number of carbonyl (C=O) groups excluding carboxylic acids is 1. The largest absolute Gasteiger partial charge is 0.441 e. The quantitative estimate of drug-likeness (QED) is 0.745. The first kappa shape index (κ1) is 17.7. The zero-order chi connectivity index (χ0) is 19.0. The van der Waals surface area contributed by atoms with Crippen molar-refractivity contribution < 1.29 is 17.6 Å². The number of carbonyl (C=O) groups is 1. The number of amides is 1. The number of anilines is 1. The van der Waals surface area contributed by atoms with E-state index < -0.39 is 16.1 Å². The van der Waals surface area contributed by atoms with Gasteiger partial charge in [-0.2, -0.15) is 4.31 Å². The molecule has 3 aromatic rings. The second-order valence-electron chi connectivity index (χ2n) is 6.49. The lowest BCUT2D eigenvalue weighted by Gasteiger charge is -2.23. The summed E-state index contributed by atoms with van der Waals surface area (Å²) in [5, 5.41) is 2.81. The van der Waals surface area contributed by atoms with Gasteiger partial charge in [-0.25, -0.2) is 13.4 Å². The molecular weight excluding hydrogens is 366 g/mol. The Bertz CT molecular complexity index is 1090. The van der Waals surface area contributed by atoms with E-state index in [4.69, 9.17) is 4.42 Å². The Morgan fingerprint density at radius 2 is 2.00 bits per heavy atom. The van der Waals surface area contributed by atoms with Crippen LogP contribution in [0.1, 0.15) is 18.7 Å². The van der Waals surface area contributed by atoms with Gasteiger partial charge in [-0.1, -0.05) is 18.2 Å². The molecule has 140 valence electrons. The maximum atomic E-state index is 12.9. The van der Waals surface area contributed by atoms with Gasteiger partial charge in [0, 0.05) is 19.2 Å². The monoisotopic (exact) mass is 385 g/mol. The summed E-state index contributed by atoms with van der Waals surface area (Å²) < 4.78 is 32.5. The van der Waals surface area contributed by atoms with Gasteiger partial charge >= 0.3 is 0 Å². The highest BCUT2D eigenvalue weighted by Crippen LogP contribution is 2.27. The number of hydrogen-bond donors (Lipinski definition) is 1. The van der Waals surface area contributed by atoms with Gasteiger partial charge in [-0.15, -0.1) is 0 Å². The van der Waals surface area contributed by atoms with E-state index in [1.807, 2.05) is 0 Å². The van der Waals surface area contributed by atoms with Gasteiger partial charge in [-0.05, 0) is 43.2 Å². The number of benzene rings is 2. The van der Waals surface area contributed by atoms with Crippen LogP contribution in [-0.4, -0.2) is 36.2 Å². The molecule has 1 N–H and O–H groups in total. The van der Waals surface area contributed by atoms with Crippen LogP contribution in [0.4, 0.5) is 5.69 Å². The topological polar surface area (TPSA) is 92.5 Å². The van der Waals surface area contributed by atoms with E-state index in [0.717, 1.165) is 0 Å². The lowest BCUT2D eigenvalue weighted by Crippen LogP contribution is -2.43. The van der Waals surface area contributed by atoms with Gasteiger partial charge in [0.15, 0.2) is 11.5 Å². The number of hydrogen-bond acceptors (Lipinski definition) is 5. The molecule has 7 nitrogen and oxygen atoms in total. The summed E-state index contributed by atoms with van der Waals surface area (Å²) in [4.78, 5) is 17.2. The Balaban J connectivity index is 1.56. The van der Waals surface area contributed by atoms with Crippen LogP contribution in [0.3, 0.4) is 0 Å². The van der Waals surface area contributed by atoms with E-state index in [2.05, 4.69) is 10.3 Å². The summed E-state index contributed by atoms with van der Waals surface area (Å²) in [6, 6.07) is 12.6. The number of rotatable bonds is 4. The molecular formula is C19H19N3O4S. The van der Waals surface area contributed by atoms with Crippen LogP contribution in [0.2, 0.25) is 0 Å². The molecule has 8 heteroatoms. The first-order valence-corrected chi connectivity index (χ1v) is 10.1. The van der Waals surface area contributed by atoms with Crippen molar-refractivity contribution in [2.75, 3.05) is 11.9 Å². The summed E-state index contributed by atoms with van der Waals surface area (Å²) in [5.74, 6) is 0.205. The predicted molar refractivity (Wildman–Crippen MR) is 101 cm³/mol. The average Bonchev–Trinajstić information content (AvgIpc) is 3.28. The third kappa shape index (κ3) is 3.33. The zero-order valence-electron chi connectivity index (χ0n) is 14.8. The summed E-state index contributed by atoms with van der Waals surface area (Å²) in [5.41, 5.74) is 1.84. The maximum absolute atomic E-state index is 12.9. The van der Waals surface area contributed by atoms with Crippen LogP contribution in [-0.2, 0) is 14.8 Å². The molecule has 1 atom stereocenters. The molecule has 1 aliphatic heterocycles. The van der Waals surface area contributed by atoms with Gasteiger partial charge in [0.25, 0.3) is 0 Å². The predicted octanol–water partition coefficient (Wildman–Crippen LogP) is 2.93. The van der Waals surface area contributed by atoms with Crippen LogP contribution >= 0.6 is 0 Å². The third-order valence-electron chi connectivity index (χ3n) is 4.62. The van der Waals surface area contributed by atoms with Gasteiger partial charge < -0.3 is 9.73 Å². The van der Waals surface area contributed by atoms with Gasteiger partial charge in [0.05, 0.1) is 4.90 Å². The van der Waals surface area contributed by atoms with Crippen molar-refractivity contribution in [3.8, 4) is 0 Å². The molecule has 0 spiro atoms. The Labute approximate surface area is 157 Å². The summed E-state index contributed by atoms with van der Waals surface area (Å²) >= 11 is 0. The molecule has 1 amide bonds. The van der Waals surface area contributed by atoms with Gasteiger partial charge in [0.2, 0.25) is 15.9 Å². The zero-order valence-corrected chi connectivity index (χ0v) is 15.6. The Kier molecular flexibility index (Phi) is 4.45. The average molecular weight is 385 g/mol. The Morgan fingerprint density at radius 1 is 1.22 bits per heavy atom. The number of oxazole rings is 1. The summed E-state index contributed by atoms with van der Waals surface area (Å²) in [7, 11) is -3.71. The van der Waals surface area contributed by atoms with Crippen molar-refractivity contribution in [2.45, 2.75) is 30.7 Å². The van der Waals surface area contributed by atoms with Crippen molar-refractivity contribution in [3.05, 3.63) is 54.4 Å². The number of nitrogens with one attached hydrogen (secondary N) is 1. The van der Waals surface area contributed by atoms with Crippen molar-refractivity contribution >= 4 is 32.7 Å². The minimum Gasteiger partial charge on any atom is -0.441 e. The fourth-order valence-corrected chi connectivity index (χ4v) is 5.04. The van der Waals surface area contributed by atoms with E-state index in [9.17, 15) is 13.2 Å². The Morgan fingerprint density at radius 3 is 2.78 bits per heavy atom. The van der Waals surface area contributed by atoms with Crippen molar-refractivity contribution in [1.29, 1.82) is 0 Å². The van der Waals surface area contributed by atoms with E-state index >= 15 is 0 Å². The lowest BCUT2D eigenvalue weighted by atomic mass is 10.2. The molecule has 27 heavy (non-hydrogen) atoms. The first-order valence-electron chi connectivity index (χ1n) is 8.70. The molecule has 0 aliphatic carbocycles. The molecule has 0 saturated carbocycles. The summed E-state index contributed by atoms with van der Waals surface area (Å²) in [6.07, 6.45) is 1.13. The first-order chi connectivity index (χ1) is 12.9. The van der Waals surface area contributed by atoms with Crippen molar-refractivity contribution in [1.82, 2.24) is 9.29 Å². The van der Waals surface area contributed by atoms with Crippen molar-refractivity contribution in [2.24, 2.45) is 0 Å². The smallest absolute Gasteiger partial charge is 0.243 e. The minimum atomic E-state index is -3.71. The third-order valence-corrected chi connectivity index (χ3v) is 6.54. The highest BCUT2D eigenvalue weighted by Gasteiger charge is 2.39. The molecule has 0 radical (unpaired) electrons. The number of aryl methyl sites for hydroxylation is 1. The van der Waals surface area contributed by atoms with E-state index in [-0.39, 0.29) is 10.8 Å². The van der Waals surface area contributed by atoms with Gasteiger partial charge in [-0.3, -0.25) is 4.79 Å². The number of fused-ring (bicyclic) bond motifs is 1. The normalized spacial score (nSPS) is 18.0. The van der Waals surface area contributed by atoms with Crippen LogP contribution < -0.4 is 5.32 Å². The summed E-state index contributed by atoms with van der Waals surface area (Å²) in [6.45, 7) is 2.08. The molecule has 1 aliphatic rings. The molecule has 1 aromatic heterocycles. The van der Waals surface area contributed by atoms with E-state index in [1.165, 1.54) is 4.31 Å². The molecule has 2 aromatic carbocycles. The number of nitrogens with zero attached hydrogens (tertiary/aromatic N) is 2. The van der Waals surface area contributed by atoms with Crippen molar-refractivity contribution in [3.63, 3.8) is 0 Å². The molecule has 2 heterocycles. The van der Waals surface area contributed by atoms with Crippen LogP contribution in [0, 0.1) is 6.92 Å².